The van der Waals surface area contributed by atoms with Crippen molar-refractivity contribution < 1.29 is 0 Å². The molecule has 1 heterocycles. The van der Waals surface area contributed by atoms with Crippen molar-refractivity contribution in [2.75, 3.05) is 4.90 Å². The second kappa shape index (κ2) is 16.7. The summed E-state index contributed by atoms with van der Waals surface area (Å²) in [6, 6.07) is 101. The number of aryl methyl sites for hydroxylation is 1. The van der Waals surface area contributed by atoms with Gasteiger partial charge in [-0.2, -0.15) is 0 Å². The molecule has 13 aromatic rings. The minimum atomic E-state index is -0.474. The highest BCUT2D eigenvalue weighted by Crippen LogP contribution is 2.57. The lowest BCUT2D eigenvalue weighted by molar-refractivity contribution is 0.769. The molecule has 0 aliphatic heterocycles. The van der Waals surface area contributed by atoms with Crippen molar-refractivity contribution in [3.8, 4) is 39.1 Å². The number of rotatable bonds is 8. The monoisotopic (exact) mass is 916 g/mol. The van der Waals surface area contributed by atoms with Crippen molar-refractivity contribution >= 4 is 60.4 Å². The van der Waals surface area contributed by atoms with E-state index < -0.39 is 5.41 Å². The second-order valence-corrected chi connectivity index (χ2v) is 19.3. The molecule has 14 rings (SSSR count). The summed E-state index contributed by atoms with van der Waals surface area (Å²) in [5.41, 5.74) is 20.3. The number of hydrogen-bond donors (Lipinski definition) is 0. The van der Waals surface area contributed by atoms with Crippen LogP contribution >= 0.6 is 0 Å². The van der Waals surface area contributed by atoms with Crippen molar-refractivity contribution in [3.05, 3.63) is 301 Å². The van der Waals surface area contributed by atoms with E-state index >= 15 is 0 Å². The topological polar surface area (TPSA) is 8.17 Å². The van der Waals surface area contributed by atoms with Gasteiger partial charge in [0.25, 0.3) is 0 Å². The Balaban J connectivity index is 0.879. The van der Waals surface area contributed by atoms with Gasteiger partial charge < -0.3 is 9.47 Å². The van der Waals surface area contributed by atoms with Crippen LogP contribution in [0.3, 0.4) is 0 Å². The lowest BCUT2D eigenvalue weighted by Crippen LogP contribution is -2.28. The van der Waals surface area contributed by atoms with Crippen LogP contribution in [0.2, 0.25) is 0 Å². The van der Waals surface area contributed by atoms with E-state index in [1.165, 1.54) is 110 Å². The highest BCUT2D eigenvalue weighted by Gasteiger charge is 2.46. The quantitative estimate of drug-likeness (QED) is 0.147. The maximum Gasteiger partial charge on any atom is 0.0713 e. The number of fused-ring (bicyclic) bond motifs is 8. The average Bonchev–Trinajstić information content (AvgIpc) is 3.93. The van der Waals surface area contributed by atoms with Gasteiger partial charge in [0, 0.05) is 33.2 Å². The fourth-order valence-corrected chi connectivity index (χ4v) is 12.1. The molecule has 72 heavy (non-hydrogen) atoms. The normalized spacial score (nSPS) is 12.6. The molecule has 0 radical (unpaired) electrons. The Labute approximate surface area is 420 Å². The molecule has 1 aromatic heterocycles. The third kappa shape index (κ3) is 6.50. The fraction of sp³-hybridized carbons (Fsp3) is 0.0286. The van der Waals surface area contributed by atoms with Gasteiger partial charge in [0.05, 0.1) is 22.1 Å². The Hall–Kier alpha value is -9.24. The van der Waals surface area contributed by atoms with E-state index in [9.17, 15) is 0 Å². The van der Waals surface area contributed by atoms with E-state index in [1.54, 1.807) is 0 Å². The SMILES string of the molecule is Cc1ccc2c(c1)c1cc(-c3ccc4cc(N(c5ccccc5)c5ccc(-c6ccc7c(c6)C(c6ccccc6)(c6ccccc6)c6ccccc6-7)c6ccccc56)ccc4c3)ccc1n2-c1ccccc1. The van der Waals surface area contributed by atoms with Crippen LogP contribution in [0.5, 0.6) is 0 Å². The van der Waals surface area contributed by atoms with Crippen molar-refractivity contribution in [1.82, 2.24) is 4.57 Å². The third-order valence-corrected chi connectivity index (χ3v) is 15.3. The zero-order valence-electron chi connectivity index (χ0n) is 39.9. The molecular weight excluding hydrogens is 869 g/mol. The van der Waals surface area contributed by atoms with Crippen LogP contribution in [-0.4, -0.2) is 4.57 Å². The van der Waals surface area contributed by atoms with Gasteiger partial charge in [0.2, 0.25) is 0 Å². The molecule has 0 bridgehead atoms. The molecule has 0 N–H and O–H groups in total. The Morgan fingerprint density at radius 2 is 0.889 bits per heavy atom. The summed E-state index contributed by atoms with van der Waals surface area (Å²) in [5, 5.41) is 7.32. The molecule has 0 amide bonds. The molecule has 0 saturated carbocycles. The van der Waals surface area contributed by atoms with E-state index in [0.29, 0.717) is 0 Å². The van der Waals surface area contributed by atoms with Gasteiger partial charge in [0.1, 0.15) is 0 Å². The van der Waals surface area contributed by atoms with E-state index in [-0.39, 0.29) is 0 Å². The van der Waals surface area contributed by atoms with Crippen LogP contribution in [0.4, 0.5) is 17.1 Å². The molecule has 0 atom stereocenters. The molecule has 1 aliphatic rings. The predicted molar refractivity (Wildman–Crippen MR) is 303 cm³/mol. The Bertz CT molecular complexity index is 4170. The largest absolute Gasteiger partial charge is 0.310 e. The van der Waals surface area contributed by atoms with Gasteiger partial charge in [-0.25, -0.2) is 0 Å². The van der Waals surface area contributed by atoms with Crippen molar-refractivity contribution in [2.24, 2.45) is 0 Å². The predicted octanol–water partition coefficient (Wildman–Crippen LogP) is 18.6. The van der Waals surface area contributed by atoms with Crippen molar-refractivity contribution in [1.29, 1.82) is 0 Å². The fourth-order valence-electron chi connectivity index (χ4n) is 12.1. The number of aromatic nitrogens is 1. The summed E-state index contributed by atoms with van der Waals surface area (Å²) in [7, 11) is 0. The molecule has 1 aliphatic carbocycles. The maximum atomic E-state index is 2.48. The summed E-state index contributed by atoms with van der Waals surface area (Å²) in [5.74, 6) is 0. The highest BCUT2D eigenvalue weighted by molar-refractivity contribution is 6.11. The third-order valence-electron chi connectivity index (χ3n) is 15.3. The van der Waals surface area contributed by atoms with Gasteiger partial charge in [-0.1, -0.05) is 200 Å². The van der Waals surface area contributed by atoms with Gasteiger partial charge in [-0.05, 0) is 158 Å². The van der Waals surface area contributed by atoms with Gasteiger partial charge in [0.15, 0.2) is 0 Å². The van der Waals surface area contributed by atoms with E-state index in [0.717, 1.165) is 17.1 Å². The van der Waals surface area contributed by atoms with E-state index in [4.69, 9.17) is 0 Å². The van der Waals surface area contributed by atoms with Gasteiger partial charge in [-0.15, -0.1) is 0 Å². The van der Waals surface area contributed by atoms with Crippen LogP contribution in [-0.2, 0) is 5.41 Å². The lowest BCUT2D eigenvalue weighted by Gasteiger charge is -2.34. The number of para-hydroxylation sites is 2. The van der Waals surface area contributed by atoms with Crippen LogP contribution in [0, 0.1) is 6.92 Å². The number of benzene rings is 12. The molecule has 0 unspecified atom stereocenters. The van der Waals surface area contributed by atoms with Crippen LogP contribution in [0.15, 0.2) is 273 Å². The van der Waals surface area contributed by atoms with Gasteiger partial charge >= 0.3 is 0 Å². The summed E-state index contributed by atoms with van der Waals surface area (Å²) >= 11 is 0. The molecule has 0 spiro atoms. The van der Waals surface area contributed by atoms with Crippen LogP contribution in [0.25, 0.3) is 82.4 Å². The molecule has 12 aromatic carbocycles. The van der Waals surface area contributed by atoms with Crippen LogP contribution < -0.4 is 4.90 Å². The Morgan fingerprint density at radius 1 is 0.333 bits per heavy atom. The first-order chi connectivity index (χ1) is 35.6. The minimum absolute atomic E-state index is 0.474. The first-order valence-electron chi connectivity index (χ1n) is 25.0. The Morgan fingerprint density at radius 3 is 1.65 bits per heavy atom. The molecule has 2 nitrogen and oxygen atoms in total. The zero-order valence-corrected chi connectivity index (χ0v) is 39.9. The van der Waals surface area contributed by atoms with Gasteiger partial charge in [-0.3, -0.25) is 0 Å². The van der Waals surface area contributed by atoms with E-state index in [2.05, 4.69) is 289 Å². The summed E-state index contributed by atoms with van der Waals surface area (Å²) in [6.45, 7) is 2.18. The molecular formula is C70H48N2. The summed E-state index contributed by atoms with van der Waals surface area (Å²) < 4.78 is 2.39. The average molecular weight is 917 g/mol. The number of hydrogen-bond acceptors (Lipinski definition) is 1. The smallest absolute Gasteiger partial charge is 0.0713 e. The summed E-state index contributed by atoms with van der Waals surface area (Å²) in [4.78, 5) is 2.42. The standard InChI is InChI=1S/C70H48N2/c1-47-30-39-68-63(42-47)64-45-51(35-40-69(64)72(68)56-24-12-5-13-25-56)48-31-32-50-44-57(36-33-49(50)43-48)71(55-22-10-4-11-23-55)67-41-38-58(59-26-14-15-28-62(59)67)52-34-37-61-60-27-16-17-29-65(60)70(66(61)46-52,53-18-6-2-7-19-53)54-20-8-3-9-21-54/h2-46H,1H3. The van der Waals surface area contributed by atoms with Crippen molar-refractivity contribution in [3.63, 3.8) is 0 Å². The molecule has 338 valence electrons. The first-order valence-corrected chi connectivity index (χ1v) is 25.0. The second-order valence-electron chi connectivity index (χ2n) is 19.3. The Kier molecular flexibility index (Phi) is 9.69. The highest BCUT2D eigenvalue weighted by atomic mass is 15.1. The van der Waals surface area contributed by atoms with Crippen LogP contribution in [0.1, 0.15) is 27.8 Å². The van der Waals surface area contributed by atoms with Crippen molar-refractivity contribution in [2.45, 2.75) is 12.3 Å². The minimum Gasteiger partial charge on any atom is -0.310 e. The summed E-state index contributed by atoms with van der Waals surface area (Å²) in [6.07, 6.45) is 0. The number of nitrogens with zero attached hydrogens (tertiary/aromatic N) is 2. The van der Waals surface area contributed by atoms with E-state index in [1.807, 2.05) is 0 Å². The maximum absolute atomic E-state index is 2.48. The molecule has 0 saturated heterocycles. The molecule has 2 heteroatoms. The molecule has 0 fully saturated rings. The lowest BCUT2D eigenvalue weighted by atomic mass is 9.67. The number of anilines is 3. The first kappa shape index (κ1) is 41.7. The zero-order chi connectivity index (χ0) is 47.8.